The van der Waals surface area contributed by atoms with Crippen LogP contribution < -0.4 is 5.73 Å². The van der Waals surface area contributed by atoms with E-state index in [4.69, 9.17) is 5.73 Å². The van der Waals surface area contributed by atoms with Crippen molar-refractivity contribution in [1.29, 1.82) is 0 Å². The molecule has 0 aliphatic carbocycles. The third-order valence-electron chi connectivity index (χ3n) is 2.39. The summed E-state index contributed by atoms with van der Waals surface area (Å²) < 4.78 is 0.693. The highest BCUT2D eigenvalue weighted by Gasteiger charge is 2.09. The molecule has 14 heavy (non-hydrogen) atoms. The number of aromatic amines is 1. The highest BCUT2D eigenvalue weighted by atomic mass is 79.9. The van der Waals surface area contributed by atoms with Crippen molar-refractivity contribution in [2.45, 2.75) is 13.5 Å². The van der Waals surface area contributed by atoms with Crippen molar-refractivity contribution in [3.05, 3.63) is 27.9 Å². The van der Waals surface area contributed by atoms with Gasteiger partial charge in [0.15, 0.2) is 0 Å². The Hall–Kier alpha value is -1.00. The second-order valence-corrected chi connectivity index (χ2v) is 4.14. The molecule has 1 aromatic heterocycles. The molecule has 0 bridgehead atoms. The molecule has 0 saturated heterocycles. The molecule has 0 amide bonds. The Bertz CT molecular complexity index is 490. The van der Waals surface area contributed by atoms with Crippen LogP contribution in [-0.4, -0.2) is 10.1 Å². The molecule has 74 valence electrons. The van der Waals surface area contributed by atoms with Crippen LogP contribution in [0.1, 0.15) is 11.3 Å². The van der Waals surface area contributed by atoms with Gasteiger partial charge >= 0.3 is 0 Å². The van der Waals surface area contributed by atoms with Crippen molar-refractivity contribution in [1.82, 2.24) is 4.98 Å². The molecule has 0 fully saturated rings. The fourth-order valence-corrected chi connectivity index (χ4v) is 2.00. The molecule has 4 N–H and O–H groups in total. The van der Waals surface area contributed by atoms with Gasteiger partial charge in [0, 0.05) is 29.2 Å². The molecule has 0 saturated carbocycles. The van der Waals surface area contributed by atoms with E-state index in [0.29, 0.717) is 11.0 Å². The van der Waals surface area contributed by atoms with Gasteiger partial charge < -0.3 is 15.8 Å². The minimum atomic E-state index is 0.238. The topological polar surface area (TPSA) is 62.0 Å². The van der Waals surface area contributed by atoms with Gasteiger partial charge in [0.1, 0.15) is 5.75 Å². The van der Waals surface area contributed by atoms with Crippen LogP contribution in [0, 0.1) is 6.92 Å². The second-order valence-electron chi connectivity index (χ2n) is 3.28. The van der Waals surface area contributed by atoms with E-state index in [1.54, 1.807) is 6.07 Å². The number of H-pyrrole nitrogens is 1. The Morgan fingerprint density at radius 3 is 2.86 bits per heavy atom. The van der Waals surface area contributed by atoms with Crippen LogP contribution in [0.25, 0.3) is 10.9 Å². The Labute approximate surface area is 90.1 Å². The molecule has 0 aliphatic heterocycles. The predicted octanol–water partition coefficient (Wildman–Crippen LogP) is 2.40. The lowest BCUT2D eigenvalue weighted by molar-refractivity contribution is 0.472. The number of benzene rings is 1. The molecule has 1 aromatic carbocycles. The first-order chi connectivity index (χ1) is 6.63. The highest BCUT2D eigenvalue weighted by Crippen LogP contribution is 2.31. The van der Waals surface area contributed by atoms with Gasteiger partial charge in [0.25, 0.3) is 0 Å². The van der Waals surface area contributed by atoms with Crippen molar-refractivity contribution < 1.29 is 5.11 Å². The van der Waals surface area contributed by atoms with Gasteiger partial charge in [0.05, 0.1) is 4.47 Å². The zero-order valence-electron chi connectivity index (χ0n) is 7.76. The number of nitrogens with one attached hydrogen (secondary N) is 1. The maximum atomic E-state index is 9.49. The van der Waals surface area contributed by atoms with E-state index in [0.717, 1.165) is 22.2 Å². The van der Waals surface area contributed by atoms with Crippen molar-refractivity contribution in [2.24, 2.45) is 5.73 Å². The summed E-state index contributed by atoms with van der Waals surface area (Å²) in [5.74, 6) is 0.238. The number of aryl methyl sites for hydroxylation is 1. The van der Waals surface area contributed by atoms with Crippen molar-refractivity contribution in [2.75, 3.05) is 0 Å². The highest BCUT2D eigenvalue weighted by molar-refractivity contribution is 9.10. The molecule has 1 heterocycles. The van der Waals surface area contributed by atoms with E-state index >= 15 is 0 Å². The quantitative estimate of drug-likeness (QED) is 0.732. The monoisotopic (exact) mass is 254 g/mol. The summed E-state index contributed by atoms with van der Waals surface area (Å²) >= 11 is 3.28. The molecule has 0 spiro atoms. The van der Waals surface area contributed by atoms with E-state index < -0.39 is 0 Å². The van der Waals surface area contributed by atoms with Crippen LogP contribution in [0.3, 0.4) is 0 Å². The number of fused-ring (bicyclic) bond motifs is 1. The lowest BCUT2D eigenvalue weighted by Gasteiger charge is -1.98. The number of nitrogens with two attached hydrogens (primary N) is 1. The summed E-state index contributed by atoms with van der Waals surface area (Å²) in [6.07, 6.45) is 0. The first-order valence-corrected chi connectivity index (χ1v) is 5.12. The van der Waals surface area contributed by atoms with Crippen molar-refractivity contribution in [3.63, 3.8) is 0 Å². The number of halogens is 1. The number of rotatable bonds is 1. The number of phenolic OH excluding ortho intramolecular Hbond substituents is 1. The lowest BCUT2D eigenvalue weighted by Crippen LogP contribution is -1.96. The van der Waals surface area contributed by atoms with Gasteiger partial charge in [-0.15, -0.1) is 0 Å². The maximum absolute atomic E-state index is 9.49. The van der Waals surface area contributed by atoms with Crippen LogP contribution in [0.15, 0.2) is 16.6 Å². The number of hydrogen-bond acceptors (Lipinski definition) is 2. The Balaban J connectivity index is 2.82. The SMILES string of the molecule is Cc1[nH]c2cc(O)c(Br)cc2c1CN. The smallest absolute Gasteiger partial charge is 0.131 e. The first kappa shape index (κ1) is 9.55. The average Bonchev–Trinajstić information content (AvgIpc) is 2.42. The zero-order chi connectivity index (χ0) is 10.3. The molecule has 0 aliphatic rings. The minimum Gasteiger partial charge on any atom is -0.507 e. The standard InChI is InChI=1S/C10H11BrN2O/c1-5-7(4-12)6-2-8(11)10(14)3-9(6)13-5/h2-3,13-14H,4,12H2,1H3. The lowest BCUT2D eigenvalue weighted by atomic mass is 10.1. The largest absolute Gasteiger partial charge is 0.507 e. The summed E-state index contributed by atoms with van der Waals surface area (Å²) in [6, 6.07) is 3.59. The number of hydrogen-bond donors (Lipinski definition) is 3. The van der Waals surface area contributed by atoms with Crippen molar-refractivity contribution in [3.8, 4) is 5.75 Å². The predicted molar refractivity (Wildman–Crippen MR) is 60.3 cm³/mol. The Morgan fingerprint density at radius 2 is 2.21 bits per heavy atom. The van der Waals surface area contributed by atoms with Gasteiger partial charge in [-0.3, -0.25) is 0 Å². The number of aromatic nitrogens is 1. The summed E-state index contributed by atoms with van der Waals surface area (Å²) in [4.78, 5) is 3.19. The summed E-state index contributed by atoms with van der Waals surface area (Å²) in [5, 5.41) is 10.6. The van der Waals surface area contributed by atoms with Gasteiger partial charge in [-0.25, -0.2) is 0 Å². The second kappa shape index (κ2) is 3.29. The molecule has 2 rings (SSSR count). The van der Waals surface area contributed by atoms with Gasteiger partial charge in [0.2, 0.25) is 0 Å². The van der Waals surface area contributed by atoms with Gasteiger partial charge in [-0.1, -0.05) is 0 Å². The molecular weight excluding hydrogens is 244 g/mol. The zero-order valence-corrected chi connectivity index (χ0v) is 9.35. The normalized spacial score (nSPS) is 11.1. The third kappa shape index (κ3) is 1.31. The van der Waals surface area contributed by atoms with E-state index in [2.05, 4.69) is 20.9 Å². The minimum absolute atomic E-state index is 0.238. The van der Waals surface area contributed by atoms with Crippen LogP contribution in [0.4, 0.5) is 0 Å². The summed E-state index contributed by atoms with van der Waals surface area (Å²) in [7, 11) is 0. The molecule has 0 atom stereocenters. The number of aromatic hydroxyl groups is 1. The summed E-state index contributed by atoms with van der Waals surface area (Å²) in [5.41, 5.74) is 8.72. The van der Waals surface area contributed by atoms with E-state index in [1.807, 2.05) is 13.0 Å². The van der Waals surface area contributed by atoms with E-state index in [1.165, 1.54) is 0 Å². The van der Waals surface area contributed by atoms with Gasteiger partial charge in [-0.2, -0.15) is 0 Å². The van der Waals surface area contributed by atoms with E-state index in [9.17, 15) is 5.11 Å². The Kier molecular flexibility index (Phi) is 2.25. The third-order valence-corrected chi connectivity index (χ3v) is 3.03. The first-order valence-electron chi connectivity index (χ1n) is 4.33. The van der Waals surface area contributed by atoms with Crippen LogP contribution in [0.2, 0.25) is 0 Å². The van der Waals surface area contributed by atoms with Gasteiger partial charge in [-0.05, 0) is 34.5 Å². The molecular formula is C10H11BrN2O. The molecule has 3 nitrogen and oxygen atoms in total. The molecule has 0 unspecified atom stereocenters. The maximum Gasteiger partial charge on any atom is 0.131 e. The molecule has 2 aromatic rings. The van der Waals surface area contributed by atoms with Crippen LogP contribution in [0.5, 0.6) is 5.75 Å². The summed E-state index contributed by atoms with van der Waals surface area (Å²) in [6.45, 7) is 2.48. The van der Waals surface area contributed by atoms with E-state index in [-0.39, 0.29) is 5.75 Å². The van der Waals surface area contributed by atoms with Crippen molar-refractivity contribution >= 4 is 26.8 Å². The van der Waals surface area contributed by atoms with Crippen LogP contribution in [-0.2, 0) is 6.54 Å². The number of phenols is 1. The Morgan fingerprint density at radius 1 is 1.50 bits per heavy atom. The fourth-order valence-electron chi connectivity index (χ4n) is 1.66. The molecule has 4 heteroatoms. The average molecular weight is 255 g/mol. The van der Waals surface area contributed by atoms with Crippen LogP contribution >= 0.6 is 15.9 Å². The fraction of sp³-hybridized carbons (Fsp3) is 0.200. The molecule has 0 radical (unpaired) electrons.